The summed E-state index contributed by atoms with van der Waals surface area (Å²) in [6.45, 7) is 4.20. The van der Waals surface area contributed by atoms with Gasteiger partial charge in [-0.2, -0.15) is 10.4 Å². The minimum Gasteiger partial charge on any atom is -0.399 e. The van der Waals surface area contributed by atoms with Gasteiger partial charge in [0.25, 0.3) is 0 Å². The highest BCUT2D eigenvalue weighted by molar-refractivity contribution is 5.75. The largest absolute Gasteiger partial charge is 0.399 e. The highest BCUT2D eigenvalue weighted by atomic mass is 15.6. The second-order valence-electron chi connectivity index (χ2n) is 4.06. The van der Waals surface area contributed by atoms with Gasteiger partial charge in [-0.1, -0.05) is 0 Å². The highest BCUT2D eigenvalue weighted by Crippen LogP contribution is 2.35. The van der Waals surface area contributed by atoms with E-state index in [2.05, 4.69) is 19.9 Å². The number of anilines is 1. The monoisotopic (exact) mass is 190 g/mol. The summed E-state index contributed by atoms with van der Waals surface area (Å²) in [6, 6.07) is 6.18. The Bertz CT molecular complexity index is 396. The molecular weight excluding hydrogens is 174 g/mol. The van der Waals surface area contributed by atoms with Crippen LogP contribution < -0.4 is 16.2 Å². The third-order valence-corrected chi connectivity index (χ3v) is 2.83. The smallest absolute Gasteiger partial charge is 0.166 e. The Morgan fingerprint density at radius 3 is 2.64 bits per heavy atom. The number of nitrogens with zero attached hydrogens (tertiary/aromatic N) is 1. The molecule has 2 rings (SSSR count). The van der Waals surface area contributed by atoms with Crippen LogP contribution in [0.5, 0.6) is 0 Å². The molecule has 1 atom stereocenters. The fourth-order valence-electron chi connectivity index (χ4n) is 1.77. The molecule has 4 N–H and O–H groups in total. The minimum atomic E-state index is 0.314. The van der Waals surface area contributed by atoms with Crippen LogP contribution in [0.1, 0.15) is 19.4 Å². The zero-order valence-corrected chi connectivity index (χ0v) is 8.57. The van der Waals surface area contributed by atoms with Crippen LogP contribution >= 0.6 is 0 Å². The minimum absolute atomic E-state index is 0.314. The third kappa shape index (κ3) is 1.14. The molecule has 3 heteroatoms. The molecule has 0 spiro atoms. The van der Waals surface area contributed by atoms with Crippen LogP contribution in [-0.4, -0.2) is 6.04 Å². The van der Waals surface area contributed by atoms with Gasteiger partial charge in [-0.3, -0.25) is 0 Å². The maximum absolute atomic E-state index is 6.28. The summed E-state index contributed by atoms with van der Waals surface area (Å²) in [5.41, 5.74) is 8.77. The van der Waals surface area contributed by atoms with Crippen LogP contribution in [0, 0.1) is 0 Å². The number of quaternary nitrogens is 1. The molecule has 0 amide bonds. The molecule has 0 aromatic heterocycles. The number of benzene rings is 1. The molecule has 3 nitrogen and oxygen atoms in total. The molecule has 0 bridgehead atoms. The molecule has 74 valence electrons. The zero-order valence-electron chi connectivity index (χ0n) is 8.57. The van der Waals surface area contributed by atoms with Gasteiger partial charge in [0.1, 0.15) is 12.2 Å². The van der Waals surface area contributed by atoms with Gasteiger partial charge in [0.2, 0.25) is 0 Å². The van der Waals surface area contributed by atoms with E-state index in [1.807, 2.05) is 24.4 Å². The van der Waals surface area contributed by atoms with Crippen molar-refractivity contribution in [2.24, 2.45) is 5.84 Å². The molecule has 14 heavy (non-hydrogen) atoms. The van der Waals surface area contributed by atoms with Gasteiger partial charge in [-0.15, -0.1) is 0 Å². The molecule has 1 heterocycles. The van der Waals surface area contributed by atoms with Gasteiger partial charge in [0, 0.05) is 23.4 Å². The predicted octanol–water partition coefficient (Wildman–Crippen LogP) is 1.84. The van der Waals surface area contributed by atoms with Crippen molar-refractivity contribution in [1.82, 2.24) is 4.59 Å². The fourth-order valence-corrected chi connectivity index (χ4v) is 1.77. The molecule has 1 aromatic rings. The van der Waals surface area contributed by atoms with E-state index in [0.29, 0.717) is 10.6 Å². The maximum Gasteiger partial charge on any atom is 0.166 e. The average Bonchev–Trinajstić information content (AvgIpc) is 2.46. The van der Waals surface area contributed by atoms with Gasteiger partial charge in [0.05, 0.1) is 0 Å². The fraction of sp³-hybridized carbons (Fsp3) is 0.273. The lowest BCUT2D eigenvalue weighted by molar-refractivity contribution is 0.324. The van der Waals surface area contributed by atoms with Gasteiger partial charge in [-0.05, 0) is 26.0 Å². The summed E-state index contributed by atoms with van der Waals surface area (Å²) in [5, 5.41) is 0. The lowest BCUT2D eigenvalue weighted by Gasteiger charge is -2.30. The first-order valence-corrected chi connectivity index (χ1v) is 4.80. The van der Waals surface area contributed by atoms with Gasteiger partial charge >= 0.3 is 0 Å². The Kier molecular flexibility index (Phi) is 1.87. The number of hydrogen-bond acceptors (Lipinski definition) is 2. The van der Waals surface area contributed by atoms with Crippen LogP contribution in [0.2, 0.25) is 0 Å². The molecular formula is C11H16N3+. The Balaban J connectivity index is 2.57. The molecule has 0 fully saturated rings. The molecule has 1 unspecified atom stereocenters. The van der Waals surface area contributed by atoms with Crippen molar-refractivity contribution in [2.45, 2.75) is 19.9 Å². The quantitative estimate of drug-likeness (QED) is 0.403. The van der Waals surface area contributed by atoms with Crippen LogP contribution in [0.25, 0.3) is 6.08 Å². The number of rotatable bonds is 1. The summed E-state index contributed by atoms with van der Waals surface area (Å²) >= 11 is 0. The number of nitrogens with two attached hydrogens (primary N) is 2. The van der Waals surface area contributed by atoms with E-state index < -0.39 is 0 Å². The van der Waals surface area contributed by atoms with Gasteiger partial charge < -0.3 is 5.73 Å². The standard InChI is InChI=1S/C11H16N3/c1-8(2)14(13)6-5-9-3-4-10(12)7-11(9)14/h3-8H,12-13H2,1-2H3/q+1. The summed E-state index contributed by atoms with van der Waals surface area (Å²) in [7, 11) is 0. The van der Waals surface area contributed by atoms with Gasteiger partial charge in [0.15, 0.2) is 5.69 Å². The first kappa shape index (κ1) is 9.24. The van der Waals surface area contributed by atoms with E-state index in [1.54, 1.807) is 0 Å². The van der Waals surface area contributed by atoms with Crippen molar-refractivity contribution < 1.29 is 0 Å². The van der Waals surface area contributed by atoms with Crippen LogP contribution in [0.15, 0.2) is 24.4 Å². The Morgan fingerprint density at radius 2 is 2.00 bits per heavy atom. The van der Waals surface area contributed by atoms with Crippen molar-refractivity contribution >= 4 is 17.5 Å². The van der Waals surface area contributed by atoms with Crippen molar-refractivity contribution in [3.05, 3.63) is 30.0 Å². The van der Waals surface area contributed by atoms with Crippen molar-refractivity contribution in [3.63, 3.8) is 0 Å². The van der Waals surface area contributed by atoms with Crippen LogP contribution in [0.4, 0.5) is 11.4 Å². The lowest BCUT2D eigenvalue weighted by atomic mass is 10.1. The van der Waals surface area contributed by atoms with E-state index in [9.17, 15) is 0 Å². The van der Waals surface area contributed by atoms with E-state index in [4.69, 9.17) is 11.6 Å². The van der Waals surface area contributed by atoms with Crippen molar-refractivity contribution in [3.8, 4) is 0 Å². The van der Waals surface area contributed by atoms with E-state index in [1.165, 1.54) is 0 Å². The van der Waals surface area contributed by atoms with E-state index in [0.717, 1.165) is 16.9 Å². The molecule has 1 aliphatic rings. The maximum atomic E-state index is 6.28. The highest BCUT2D eigenvalue weighted by Gasteiger charge is 2.34. The molecule has 1 aliphatic heterocycles. The Hall–Kier alpha value is -1.32. The van der Waals surface area contributed by atoms with Crippen molar-refractivity contribution in [1.29, 1.82) is 0 Å². The predicted molar refractivity (Wildman–Crippen MR) is 61.0 cm³/mol. The van der Waals surface area contributed by atoms with Gasteiger partial charge in [-0.25, -0.2) is 0 Å². The Labute approximate surface area is 84.2 Å². The average molecular weight is 190 g/mol. The molecule has 0 saturated carbocycles. The molecule has 0 aliphatic carbocycles. The number of hydrogen-bond donors (Lipinski definition) is 2. The summed E-state index contributed by atoms with van der Waals surface area (Å²) in [4.78, 5) is 0. The SMILES string of the molecule is CC(C)[N+]1(N)C=Cc2ccc(N)cc21. The first-order valence-electron chi connectivity index (χ1n) is 4.80. The van der Waals surface area contributed by atoms with E-state index >= 15 is 0 Å². The second kappa shape index (κ2) is 2.83. The second-order valence-corrected chi connectivity index (χ2v) is 4.06. The molecule has 1 aromatic carbocycles. The van der Waals surface area contributed by atoms with Crippen molar-refractivity contribution in [2.75, 3.05) is 5.73 Å². The lowest BCUT2D eigenvalue weighted by Crippen LogP contribution is -2.55. The molecule has 0 radical (unpaired) electrons. The third-order valence-electron chi connectivity index (χ3n) is 2.83. The first-order chi connectivity index (χ1) is 6.54. The number of fused-ring (bicyclic) bond motifs is 1. The molecule has 0 saturated heterocycles. The number of nitrogen functional groups attached to an aromatic ring is 1. The Morgan fingerprint density at radius 1 is 1.29 bits per heavy atom. The summed E-state index contributed by atoms with van der Waals surface area (Å²) < 4.78 is 0.348. The summed E-state index contributed by atoms with van der Waals surface area (Å²) in [5.74, 6) is 6.28. The van der Waals surface area contributed by atoms with Crippen LogP contribution in [0.3, 0.4) is 0 Å². The summed E-state index contributed by atoms with van der Waals surface area (Å²) in [6.07, 6.45) is 4.06. The van der Waals surface area contributed by atoms with E-state index in [-0.39, 0.29) is 0 Å². The zero-order chi connectivity index (χ0) is 10.3. The topological polar surface area (TPSA) is 52.0 Å². The normalized spacial score (nSPS) is 24.3. The van der Waals surface area contributed by atoms with Crippen LogP contribution in [-0.2, 0) is 0 Å².